The zero-order valence-electron chi connectivity index (χ0n) is 14.2. The quantitative estimate of drug-likeness (QED) is 0.692. The van der Waals surface area contributed by atoms with E-state index in [1.165, 1.54) is 23.0 Å². The zero-order valence-corrected chi connectivity index (χ0v) is 14.2. The van der Waals surface area contributed by atoms with Crippen LogP contribution in [0.1, 0.15) is 27.2 Å². The van der Waals surface area contributed by atoms with Crippen LogP contribution in [0.3, 0.4) is 0 Å². The van der Waals surface area contributed by atoms with Crippen LogP contribution >= 0.6 is 0 Å². The Labute approximate surface area is 150 Å². The van der Waals surface area contributed by atoms with Gasteiger partial charge in [0, 0.05) is 17.7 Å². The highest BCUT2D eigenvalue weighted by atomic mass is 19.4. The van der Waals surface area contributed by atoms with Crippen LogP contribution in [0.25, 0.3) is 5.78 Å². The second-order valence-corrected chi connectivity index (χ2v) is 5.58. The molecule has 27 heavy (non-hydrogen) atoms. The Balaban J connectivity index is 2.02. The van der Waals surface area contributed by atoms with Crippen molar-refractivity contribution in [2.45, 2.75) is 19.7 Å². The average molecular weight is 381 g/mol. The number of hydrogen-bond acceptors (Lipinski definition) is 7. The van der Waals surface area contributed by atoms with Crippen molar-refractivity contribution < 1.29 is 27.4 Å². The standard InChI is InChI=1S/C16H14F3N5O3/c1-8-10(13(20)24-15(23-8)21-7-22-24)5-9-3-4-12(27-16(17,18)19)11(6-9)14(25)26-2/h3-4,6-7H,5,20H2,1-2H3. The Morgan fingerprint density at radius 3 is 2.74 bits per heavy atom. The lowest BCUT2D eigenvalue weighted by molar-refractivity contribution is -0.274. The predicted molar refractivity (Wildman–Crippen MR) is 87.2 cm³/mol. The number of fused-ring (bicyclic) bond motifs is 1. The summed E-state index contributed by atoms with van der Waals surface area (Å²) in [7, 11) is 1.07. The smallest absolute Gasteiger partial charge is 0.465 e. The molecule has 2 aromatic heterocycles. The minimum atomic E-state index is -4.94. The molecule has 0 saturated heterocycles. The minimum Gasteiger partial charge on any atom is -0.465 e. The number of hydrogen-bond donors (Lipinski definition) is 1. The van der Waals surface area contributed by atoms with Crippen LogP contribution in [0.4, 0.5) is 19.0 Å². The lowest BCUT2D eigenvalue weighted by Crippen LogP contribution is -2.19. The molecule has 0 bridgehead atoms. The summed E-state index contributed by atoms with van der Waals surface area (Å²) in [5.74, 6) is -0.971. The molecule has 2 N–H and O–H groups in total. The number of carbonyl (C=O) groups is 1. The summed E-state index contributed by atoms with van der Waals surface area (Å²) in [6.07, 6.45) is -3.43. The molecular formula is C16H14F3N5O3. The number of ether oxygens (including phenoxy) is 2. The number of rotatable bonds is 4. The minimum absolute atomic E-state index is 0.205. The topological polar surface area (TPSA) is 105 Å². The molecule has 0 spiro atoms. The van der Waals surface area contributed by atoms with E-state index in [-0.39, 0.29) is 12.0 Å². The zero-order chi connectivity index (χ0) is 19.8. The van der Waals surface area contributed by atoms with Gasteiger partial charge in [-0.3, -0.25) is 0 Å². The Kier molecular flexibility index (Phi) is 4.60. The molecule has 142 valence electrons. The summed E-state index contributed by atoms with van der Waals surface area (Å²) in [5.41, 5.74) is 7.46. The maximum atomic E-state index is 12.5. The Bertz CT molecular complexity index is 1020. The number of anilines is 1. The number of halogens is 3. The van der Waals surface area contributed by atoms with Crippen LogP contribution in [0.15, 0.2) is 24.5 Å². The highest BCUT2D eigenvalue weighted by Crippen LogP contribution is 2.29. The van der Waals surface area contributed by atoms with Gasteiger partial charge in [-0.2, -0.15) is 14.6 Å². The van der Waals surface area contributed by atoms with Gasteiger partial charge >= 0.3 is 12.3 Å². The van der Waals surface area contributed by atoms with Crippen LogP contribution in [0.5, 0.6) is 5.75 Å². The van der Waals surface area contributed by atoms with E-state index < -0.39 is 18.1 Å². The number of nitrogen functional groups attached to an aromatic ring is 1. The van der Waals surface area contributed by atoms with Crippen LogP contribution in [0.2, 0.25) is 0 Å². The van der Waals surface area contributed by atoms with Gasteiger partial charge in [-0.15, -0.1) is 13.2 Å². The molecule has 0 aliphatic carbocycles. The maximum absolute atomic E-state index is 12.5. The molecule has 8 nitrogen and oxygen atoms in total. The summed E-state index contributed by atoms with van der Waals surface area (Å²) in [5, 5.41) is 3.97. The molecule has 0 unspecified atom stereocenters. The SMILES string of the molecule is COC(=O)c1cc(Cc2c(C)nc3ncnn3c2N)ccc1OC(F)(F)F. The molecule has 0 fully saturated rings. The van der Waals surface area contributed by atoms with Crippen molar-refractivity contribution >= 4 is 17.6 Å². The van der Waals surface area contributed by atoms with Gasteiger partial charge in [0.2, 0.25) is 0 Å². The average Bonchev–Trinajstić information content (AvgIpc) is 3.06. The van der Waals surface area contributed by atoms with Gasteiger partial charge in [0.1, 0.15) is 23.5 Å². The highest BCUT2D eigenvalue weighted by Gasteiger charge is 2.33. The number of benzene rings is 1. The van der Waals surface area contributed by atoms with E-state index in [1.54, 1.807) is 6.92 Å². The van der Waals surface area contributed by atoms with Gasteiger partial charge in [0.15, 0.2) is 0 Å². The first-order valence-electron chi connectivity index (χ1n) is 7.61. The molecule has 0 saturated carbocycles. The van der Waals surface area contributed by atoms with Gasteiger partial charge in [-0.25, -0.2) is 9.78 Å². The van der Waals surface area contributed by atoms with Crippen LogP contribution in [0, 0.1) is 6.92 Å². The van der Waals surface area contributed by atoms with Crippen LogP contribution < -0.4 is 10.5 Å². The van der Waals surface area contributed by atoms with E-state index >= 15 is 0 Å². The van der Waals surface area contributed by atoms with E-state index in [4.69, 9.17) is 5.73 Å². The molecule has 0 aliphatic rings. The van der Waals surface area contributed by atoms with Crippen molar-refractivity contribution in [2.75, 3.05) is 12.8 Å². The second kappa shape index (κ2) is 6.74. The van der Waals surface area contributed by atoms with Crippen molar-refractivity contribution in [3.05, 3.63) is 46.9 Å². The lowest BCUT2D eigenvalue weighted by Gasteiger charge is -2.14. The van der Waals surface area contributed by atoms with E-state index in [1.807, 2.05) is 0 Å². The third kappa shape index (κ3) is 3.76. The fourth-order valence-corrected chi connectivity index (χ4v) is 2.61. The van der Waals surface area contributed by atoms with E-state index in [2.05, 4.69) is 24.5 Å². The van der Waals surface area contributed by atoms with Crippen LogP contribution in [-0.4, -0.2) is 39.0 Å². The number of aryl methyl sites for hydroxylation is 1. The normalized spacial score (nSPS) is 11.6. The molecule has 0 atom stereocenters. The summed E-state index contributed by atoms with van der Waals surface area (Å²) >= 11 is 0. The number of alkyl halides is 3. The van der Waals surface area contributed by atoms with Crippen molar-refractivity contribution in [2.24, 2.45) is 0 Å². The third-order valence-electron chi connectivity index (χ3n) is 3.83. The van der Waals surface area contributed by atoms with E-state index in [0.29, 0.717) is 28.4 Å². The largest absolute Gasteiger partial charge is 0.573 e. The number of methoxy groups -OCH3 is 1. The Morgan fingerprint density at radius 2 is 2.07 bits per heavy atom. The van der Waals surface area contributed by atoms with Gasteiger partial charge in [-0.05, 0) is 24.6 Å². The van der Waals surface area contributed by atoms with Crippen molar-refractivity contribution in [3.63, 3.8) is 0 Å². The number of carbonyl (C=O) groups excluding carboxylic acids is 1. The number of esters is 1. The summed E-state index contributed by atoms with van der Waals surface area (Å²) in [4.78, 5) is 20.1. The molecule has 11 heteroatoms. The van der Waals surface area contributed by atoms with Crippen molar-refractivity contribution in [1.82, 2.24) is 19.6 Å². The first-order valence-corrected chi connectivity index (χ1v) is 7.61. The first-order chi connectivity index (χ1) is 12.7. The molecule has 3 rings (SSSR count). The first kappa shape index (κ1) is 18.4. The summed E-state index contributed by atoms with van der Waals surface area (Å²) in [6.45, 7) is 1.72. The van der Waals surface area contributed by atoms with Crippen LogP contribution in [-0.2, 0) is 11.2 Å². The van der Waals surface area contributed by atoms with Crippen molar-refractivity contribution in [1.29, 1.82) is 0 Å². The van der Waals surface area contributed by atoms with Gasteiger partial charge in [-0.1, -0.05) is 6.07 Å². The summed E-state index contributed by atoms with van der Waals surface area (Å²) in [6, 6.07) is 3.72. The highest BCUT2D eigenvalue weighted by molar-refractivity contribution is 5.92. The molecule has 1 aromatic carbocycles. The number of aromatic nitrogens is 4. The maximum Gasteiger partial charge on any atom is 0.573 e. The van der Waals surface area contributed by atoms with E-state index in [0.717, 1.165) is 13.2 Å². The van der Waals surface area contributed by atoms with Gasteiger partial charge < -0.3 is 15.2 Å². The second-order valence-electron chi connectivity index (χ2n) is 5.58. The fourth-order valence-electron chi connectivity index (χ4n) is 2.61. The third-order valence-corrected chi connectivity index (χ3v) is 3.83. The summed E-state index contributed by atoms with van der Waals surface area (Å²) < 4.78 is 47.4. The molecule has 3 aromatic rings. The predicted octanol–water partition coefficient (Wildman–Crippen LogP) is 2.29. The lowest BCUT2D eigenvalue weighted by atomic mass is 10.0. The molecule has 0 radical (unpaired) electrons. The Hall–Kier alpha value is -3.37. The molecule has 0 aliphatic heterocycles. The Morgan fingerprint density at radius 1 is 1.33 bits per heavy atom. The molecule has 0 amide bonds. The van der Waals surface area contributed by atoms with Gasteiger partial charge in [0.25, 0.3) is 5.78 Å². The molecular weight excluding hydrogens is 367 g/mol. The van der Waals surface area contributed by atoms with Gasteiger partial charge in [0.05, 0.1) is 7.11 Å². The van der Waals surface area contributed by atoms with E-state index in [9.17, 15) is 18.0 Å². The number of nitrogens with zero attached hydrogens (tertiary/aromatic N) is 4. The number of nitrogens with two attached hydrogens (primary N) is 1. The fraction of sp³-hybridized carbons (Fsp3) is 0.250. The molecule has 2 heterocycles. The monoisotopic (exact) mass is 381 g/mol. The van der Waals surface area contributed by atoms with Crippen molar-refractivity contribution in [3.8, 4) is 5.75 Å².